The molecule has 0 atom stereocenters. The zero-order chi connectivity index (χ0) is 20.4. The van der Waals surface area contributed by atoms with Gasteiger partial charge in [-0.15, -0.1) is 0 Å². The summed E-state index contributed by atoms with van der Waals surface area (Å²) in [7, 11) is 0. The average Bonchev–Trinajstić information content (AvgIpc) is 2.70. The molecule has 4 heteroatoms. The summed E-state index contributed by atoms with van der Waals surface area (Å²) in [6.07, 6.45) is 0.478. The summed E-state index contributed by atoms with van der Waals surface area (Å²) in [4.78, 5) is 12.6. The van der Waals surface area contributed by atoms with E-state index in [0.29, 0.717) is 28.9 Å². The van der Waals surface area contributed by atoms with Gasteiger partial charge in [-0.1, -0.05) is 48.5 Å². The van der Waals surface area contributed by atoms with Crippen LogP contribution in [0.3, 0.4) is 0 Å². The lowest BCUT2D eigenvalue weighted by molar-refractivity contribution is 0.303. The maximum atomic E-state index is 14.0. The van der Waals surface area contributed by atoms with E-state index in [1.807, 2.05) is 56.3 Å². The summed E-state index contributed by atoms with van der Waals surface area (Å²) in [5.41, 5.74) is 3.97. The van der Waals surface area contributed by atoms with Crippen molar-refractivity contribution < 1.29 is 13.5 Å². The van der Waals surface area contributed by atoms with Gasteiger partial charge in [-0.05, 0) is 48.7 Å². The fourth-order valence-corrected chi connectivity index (χ4v) is 3.53. The Labute approximate surface area is 168 Å². The third-order valence-electron chi connectivity index (χ3n) is 5.05. The van der Waals surface area contributed by atoms with Crippen molar-refractivity contribution in [3.63, 3.8) is 0 Å². The Hall–Kier alpha value is -3.40. The van der Waals surface area contributed by atoms with Crippen LogP contribution in [0.2, 0.25) is 0 Å². The Balaban J connectivity index is 1.78. The van der Waals surface area contributed by atoms with E-state index in [1.165, 1.54) is 6.07 Å². The third kappa shape index (κ3) is 3.92. The number of fused-ring (bicyclic) bond motifs is 1. The van der Waals surface area contributed by atoms with E-state index in [1.54, 1.807) is 18.2 Å². The van der Waals surface area contributed by atoms with Crippen molar-refractivity contribution >= 4 is 11.0 Å². The normalized spacial score (nSPS) is 11.0. The van der Waals surface area contributed by atoms with E-state index in [9.17, 15) is 9.18 Å². The van der Waals surface area contributed by atoms with Crippen molar-refractivity contribution in [3.05, 3.63) is 111 Å². The zero-order valence-electron chi connectivity index (χ0n) is 16.4. The lowest BCUT2D eigenvalue weighted by Crippen LogP contribution is -2.11. The molecule has 3 nitrogen and oxygen atoms in total. The first-order valence-electron chi connectivity index (χ1n) is 9.50. The number of rotatable bonds is 5. The first-order chi connectivity index (χ1) is 14.0. The number of hydrogen-bond donors (Lipinski definition) is 0. The molecule has 146 valence electrons. The van der Waals surface area contributed by atoms with Crippen LogP contribution in [0.25, 0.3) is 11.0 Å². The van der Waals surface area contributed by atoms with E-state index >= 15 is 0 Å². The fourth-order valence-electron chi connectivity index (χ4n) is 3.53. The van der Waals surface area contributed by atoms with Gasteiger partial charge in [0, 0.05) is 17.5 Å². The van der Waals surface area contributed by atoms with Gasteiger partial charge < -0.3 is 9.15 Å². The molecule has 29 heavy (non-hydrogen) atoms. The SMILES string of the molecule is Cc1cc(OCc2ccccc2F)c2c(C)c(Cc3ccccc3)c(=O)oc2c1. The molecule has 0 bridgehead atoms. The number of hydrogen-bond acceptors (Lipinski definition) is 3. The molecule has 1 heterocycles. The second-order valence-electron chi connectivity index (χ2n) is 7.17. The Morgan fingerprint density at radius 1 is 0.966 bits per heavy atom. The van der Waals surface area contributed by atoms with Crippen molar-refractivity contribution in [2.75, 3.05) is 0 Å². The van der Waals surface area contributed by atoms with Gasteiger partial charge >= 0.3 is 5.63 Å². The lowest BCUT2D eigenvalue weighted by Gasteiger charge is -2.14. The number of benzene rings is 3. The van der Waals surface area contributed by atoms with E-state index in [2.05, 4.69) is 0 Å². The van der Waals surface area contributed by atoms with Crippen LogP contribution in [-0.4, -0.2) is 0 Å². The highest BCUT2D eigenvalue weighted by Crippen LogP contribution is 2.32. The topological polar surface area (TPSA) is 39.4 Å². The summed E-state index contributed by atoms with van der Waals surface area (Å²) >= 11 is 0. The molecule has 0 unspecified atom stereocenters. The molecule has 0 aliphatic heterocycles. The van der Waals surface area contributed by atoms with E-state index in [4.69, 9.17) is 9.15 Å². The highest BCUT2D eigenvalue weighted by Gasteiger charge is 2.17. The molecule has 0 aliphatic rings. The zero-order valence-corrected chi connectivity index (χ0v) is 16.4. The van der Waals surface area contributed by atoms with Gasteiger partial charge in [-0.25, -0.2) is 9.18 Å². The average molecular weight is 388 g/mol. The smallest absolute Gasteiger partial charge is 0.340 e. The van der Waals surface area contributed by atoms with Crippen LogP contribution >= 0.6 is 0 Å². The summed E-state index contributed by atoms with van der Waals surface area (Å²) in [6, 6.07) is 20.0. The number of ether oxygens (including phenoxy) is 1. The predicted molar refractivity (Wildman–Crippen MR) is 112 cm³/mol. The lowest BCUT2D eigenvalue weighted by atomic mass is 9.98. The Bertz CT molecular complexity index is 1230. The molecular weight excluding hydrogens is 367 g/mol. The van der Waals surface area contributed by atoms with E-state index in [0.717, 1.165) is 22.1 Å². The Kier molecular flexibility index (Phi) is 5.17. The molecule has 4 aromatic rings. The van der Waals surface area contributed by atoms with Crippen molar-refractivity contribution in [2.24, 2.45) is 0 Å². The maximum Gasteiger partial charge on any atom is 0.340 e. The monoisotopic (exact) mass is 388 g/mol. The van der Waals surface area contributed by atoms with Crippen molar-refractivity contribution in [1.29, 1.82) is 0 Å². The summed E-state index contributed by atoms with van der Waals surface area (Å²) in [6.45, 7) is 3.91. The predicted octanol–water partition coefficient (Wildman–Crippen LogP) is 5.72. The second-order valence-corrected chi connectivity index (χ2v) is 7.17. The van der Waals surface area contributed by atoms with Crippen LogP contribution in [0, 0.1) is 19.7 Å². The fraction of sp³-hybridized carbons (Fsp3) is 0.160. The minimum Gasteiger partial charge on any atom is -0.488 e. The number of aryl methyl sites for hydroxylation is 2. The van der Waals surface area contributed by atoms with Crippen molar-refractivity contribution in [3.8, 4) is 5.75 Å². The summed E-state index contributed by atoms with van der Waals surface area (Å²) in [5, 5.41) is 0.748. The van der Waals surface area contributed by atoms with Crippen molar-refractivity contribution in [2.45, 2.75) is 26.9 Å². The minimum atomic E-state index is -0.343. The molecule has 1 aromatic heterocycles. The van der Waals surface area contributed by atoms with Crippen molar-refractivity contribution in [1.82, 2.24) is 0 Å². The molecule has 0 spiro atoms. The first kappa shape index (κ1) is 18.9. The molecule has 0 radical (unpaired) electrons. The largest absolute Gasteiger partial charge is 0.488 e. The van der Waals surface area contributed by atoms with Gasteiger partial charge in [0.2, 0.25) is 0 Å². The van der Waals surface area contributed by atoms with Crippen LogP contribution < -0.4 is 10.4 Å². The van der Waals surface area contributed by atoms with Crippen LogP contribution in [0.15, 0.2) is 75.9 Å². The first-order valence-corrected chi connectivity index (χ1v) is 9.50. The second kappa shape index (κ2) is 7.92. The minimum absolute atomic E-state index is 0.0951. The Morgan fingerprint density at radius 2 is 1.69 bits per heavy atom. The van der Waals surface area contributed by atoms with Gasteiger partial charge in [-0.3, -0.25) is 0 Å². The molecular formula is C25H21FO3. The van der Waals surface area contributed by atoms with Crippen LogP contribution in [0.4, 0.5) is 4.39 Å². The molecule has 0 N–H and O–H groups in total. The quantitative estimate of drug-likeness (QED) is 0.411. The highest BCUT2D eigenvalue weighted by molar-refractivity contribution is 5.88. The molecule has 0 aliphatic carbocycles. The van der Waals surface area contributed by atoms with Gasteiger partial charge in [-0.2, -0.15) is 0 Å². The van der Waals surface area contributed by atoms with Gasteiger partial charge in [0.05, 0.1) is 5.39 Å². The van der Waals surface area contributed by atoms with Gasteiger partial charge in [0.15, 0.2) is 0 Å². The molecule has 4 rings (SSSR count). The van der Waals surface area contributed by atoms with E-state index < -0.39 is 0 Å². The molecule has 0 fully saturated rings. The molecule has 0 saturated heterocycles. The molecule has 3 aromatic carbocycles. The van der Waals surface area contributed by atoms with Crippen LogP contribution in [0.5, 0.6) is 5.75 Å². The van der Waals surface area contributed by atoms with E-state index in [-0.39, 0.29) is 18.0 Å². The number of halogens is 1. The van der Waals surface area contributed by atoms with Crippen LogP contribution in [0.1, 0.15) is 27.8 Å². The molecule has 0 amide bonds. The van der Waals surface area contributed by atoms with Crippen LogP contribution in [-0.2, 0) is 13.0 Å². The highest BCUT2D eigenvalue weighted by atomic mass is 19.1. The van der Waals surface area contributed by atoms with Gasteiger partial charge in [0.25, 0.3) is 0 Å². The van der Waals surface area contributed by atoms with Gasteiger partial charge in [0.1, 0.15) is 23.8 Å². The summed E-state index contributed by atoms with van der Waals surface area (Å²) in [5.74, 6) is 0.274. The Morgan fingerprint density at radius 3 is 2.45 bits per heavy atom. The summed E-state index contributed by atoms with van der Waals surface area (Å²) < 4.78 is 25.6. The standard InChI is InChI=1S/C25H21FO3/c1-16-12-22(28-15-19-10-6-7-11-21(19)26)24-17(2)20(25(27)29-23(24)13-16)14-18-8-4-3-5-9-18/h3-13H,14-15H2,1-2H3. The third-order valence-corrected chi connectivity index (χ3v) is 5.05. The molecule has 0 saturated carbocycles. The maximum absolute atomic E-state index is 14.0.